The minimum atomic E-state index is -0.174. The lowest BCUT2D eigenvalue weighted by molar-refractivity contribution is -0.861. The zero-order valence-electron chi connectivity index (χ0n) is 8.60. The third kappa shape index (κ3) is 6.58. The van der Waals surface area contributed by atoms with Crippen LogP contribution in [0, 0.1) is 5.21 Å². The van der Waals surface area contributed by atoms with Crippen LogP contribution in [-0.4, -0.2) is 31.5 Å². The van der Waals surface area contributed by atoms with Gasteiger partial charge in [-0.1, -0.05) is 19.8 Å². The molecule has 1 unspecified atom stereocenters. The molecular formula is C9H22N2O. The van der Waals surface area contributed by atoms with Gasteiger partial charge in [0.25, 0.3) is 0 Å². The highest BCUT2D eigenvalue weighted by Gasteiger charge is 2.03. The Bertz CT molecular complexity index is 105. The highest BCUT2D eigenvalue weighted by atomic mass is 16.5. The second-order valence-corrected chi connectivity index (χ2v) is 3.48. The number of rotatable bonds is 7. The van der Waals surface area contributed by atoms with Crippen LogP contribution < -0.4 is 5.32 Å². The van der Waals surface area contributed by atoms with Crippen LogP contribution in [0.5, 0.6) is 0 Å². The van der Waals surface area contributed by atoms with E-state index in [1.54, 1.807) is 7.05 Å². The lowest BCUT2D eigenvalue weighted by Gasteiger charge is -2.37. The van der Waals surface area contributed by atoms with Crippen LogP contribution in [0.15, 0.2) is 0 Å². The molecule has 0 saturated carbocycles. The normalized spacial score (nSPS) is 16.0. The first kappa shape index (κ1) is 11.9. The number of unbranched alkanes of at least 4 members (excludes halogenated alkanes) is 2. The molecule has 0 saturated heterocycles. The quantitative estimate of drug-likeness (QED) is 0.276. The van der Waals surface area contributed by atoms with Gasteiger partial charge in [0.15, 0.2) is 0 Å². The molecule has 0 rings (SSSR count). The summed E-state index contributed by atoms with van der Waals surface area (Å²) in [4.78, 5) is 0. The number of hydrogen-bond acceptors (Lipinski definition) is 2. The molecule has 0 aromatic rings. The van der Waals surface area contributed by atoms with Crippen LogP contribution >= 0.6 is 0 Å². The summed E-state index contributed by atoms with van der Waals surface area (Å²) in [5, 5.41) is 14.6. The summed E-state index contributed by atoms with van der Waals surface area (Å²) in [5.41, 5.74) is 0. The third-order valence-corrected chi connectivity index (χ3v) is 2.07. The van der Waals surface area contributed by atoms with E-state index >= 15 is 0 Å². The van der Waals surface area contributed by atoms with Crippen LogP contribution in [-0.2, 0) is 0 Å². The fraction of sp³-hybridized carbons (Fsp3) is 1.00. The maximum atomic E-state index is 11.4. The van der Waals surface area contributed by atoms with Crippen molar-refractivity contribution in [2.45, 2.75) is 33.1 Å². The molecule has 3 nitrogen and oxygen atoms in total. The molecule has 0 radical (unpaired) electrons. The molecule has 1 atom stereocenters. The van der Waals surface area contributed by atoms with Crippen molar-refractivity contribution in [3.05, 3.63) is 5.21 Å². The molecule has 0 amide bonds. The Morgan fingerprint density at radius 3 is 2.42 bits per heavy atom. The topological polar surface area (TPSA) is 35.1 Å². The van der Waals surface area contributed by atoms with Gasteiger partial charge in [-0.15, -0.1) is 0 Å². The van der Waals surface area contributed by atoms with Gasteiger partial charge in [0.1, 0.15) is 6.67 Å². The zero-order chi connectivity index (χ0) is 9.45. The smallest absolute Gasteiger partial charge is 0.132 e. The van der Waals surface area contributed by atoms with Crippen molar-refractivity contribution in [1.82, 2.24) is 5.32 Å². The van der Waals surface area contributed by atoms with Crippen molar-refractivity contribution >= 4 is 0 Å². The molecular weight excluding hydrogens is 152 g/mol. The summed E-state index contributed by atoms with van der Waals surface area (Å²) in [5.74, 6) is 0. The third-order valence-electron chi connectivity index (χ3n) is 2.07. The van der Waals surface area contributed by atoms with E-state index in [9.17, 15) is 5.21 Å². The summed E-state index contributed by atoms with van der Waals surface area (Å²) in [6.45, 7) is 6.26. The first-order chi connectivity index (χ1) is 5.62. The van der Waals surface area contributed by atoms with Crippen LogP contribution in [0.1, 0.15) is 33.1 Å². The lowest BCUT2D eigenvalue weighted by Crippen LogP contribution is -2.45. The Labute approximate surface area is 75.9 Å². The minimum Gasteiger partial charge on any atom is -0.632 e. The van der Waals surface area contributed by atoms with Gasteiger partial charge in [-0.2, -0.15) is 0 Å². The molecule has 0 aromatic carbocycles. The van der Waals surface area contributed by atoms with Crippen molar-refractivity contribution < 1.29 is 4.65 Å². The molecule has 0 aliphatic carbocycles. The van der Waals surface area contributed by atoms with Crippen LogP contribution in [0.2, 0.25) is 0 Å². The highest BCUT2D eigenvalue weighted by Crippen LogP contribution is 1.95. The summed E-state index contributed by atoms with van der Waals surface area (Å²) in [7, 11) is 1.70. The van der Waals surface area contributed by atoms with E-state index in [1.807, 2.05) is 6.92 Å². The number of nitrogens with zero attached hydrogens (tertiary/aromatic N) is 1. The number of nitrogens with one attached hydrogen (secondary N) is 1. The zero-order valence-corrected chi connectivity index (χ0v) is 8.60. The average Bonchev–Trinajstić information content (AvgIpc) is 2.04. The molecule has 0 aromatic heterocycles. The molecule has 0 heterocycles. The van der Waals surface area contributed by atoms with Crippen LogP contribution in [0.25, 0.3) is 0 Å². The van der Waals surface area contributed by atoms with Gasteiger partial charge < -0.3 is 9.85 Å². The number of hydrogen-bond donors (Lipinski definition) is 1. The van der Waals surface area contributed by atoms with Gasteiger partial charge in [0.05, 0.1) is 13.6 Å². The molecule has 0 bridgehead atoms. The fourth-order valence-corrected chi connectivity index (χ4v) is 0.927. The highest BCUT2D eigenvalue weighted by molar-refractivity contribution is 4.43. The van der Waals surface area contributed by atoms with Crippen molar-refractivity contribution in [3.8, 4) is 0 Å². The molecule has 0 spiro atoms. The molecule has 0 aliphatic rings. The Hall–Kier alpha value is -0.120. The summed E-state index contributed by atoms with van der Waals surface area (Å²) in [6, 6.07) is 0. The van der Waals surface area contributed by atoms with E-state index in [2.05, 4.69) is 12.2 Å². The Morgan fingerprint density at radius 1 is 1.25 bits per heavy atom. The van der Waals surface area contributed by atoms with E-state index in [0.29, 0.717) is 13.2 Å². The van der Waals surface area contributed by atoms with Gasteiger partial charge in [0.2, 0.25) is 0 Å². The fourth-order valence-electron chi connectivity index (χ4n) is 0.927. The maximum Gasteiger partial charge on any atom is 0.132 e. The van der Waals surface area contributed by atoms with Gasteiger partial charge in [-0.05, 0) is 13.3 Å². The standard InChI is InChI=1S/C9H22N2O/c1-4-6-7-8-10-9-11(3,12)5-2/h10H,4-9H2,1-3H3. The maximum absolute atomic E-state index is 11.4. The van der Waals surface area contributed by atoms with E-state index in [0.717, 1.165) is 6.54 Å². The number of hydroxylamine groups is 3. The second kappa shape index (κ2) is 6.40. The summed E-state index contributed by atoms with van der Waals surface area (Å²) in [6.07, 6.45) is 3.67. The van der Waals surface area contributed by atoms with Crippen molar-refractivity contribution in [1.29, 1.82) is 0 Å². The molecule has 1 N–H and O–H groups in total. The molecule has 0 aliphatic heterocycles. The Balaban J connectivity index is 3.19. The Morgan fingerprint density at radius 2 is 1.92 bits per heavy atom. The van der Waals surface area contributed by atoms with Crippen molar-refractivity contribution in [2.24, 2.45) is 0 Å². The Kier molecular flexibility index (Phi) is 6.34. The minimum absolute atomic E-state index is 0.174. The first-order valence-corrected chi connectivity index (χ1v) is 4.88. The molecule has 0 fully saturated rings. The summed E-state index contributed by atoms with van der Waals surface area (Å²) < 4.78 is -0.174. The second-order valence-electron chi connectivity index (χ2n) is 3.48. The van der Waals surface area contributed by atoms with Crippen molar-refractivity contribution in [3.63, 3.8) is 0 Å². The van der Waals surface area contributed by atoms with E-state index in [-0.39, 0.29) is 4.65 Å². The molecule has 3 heteroatoms. The van der Waals surface area contributed by atoms with Gasteiger partial charge in [-0.25, -0.2) is 0 Å². The van der Waals surface area contributed by atoms with Crippen LogP contribution in [0.3, 0.4) is 0 Å². The SMILES string of the molecule is CCCCCNC[N+](C)([O-])CC. The van der Waals surface area contributed by atoms with E-state index < -0.39 is 0 Å². The summed E-state index contributed by atoms with van der Waals surface area (Å²) >= 11 is 0. The van der Waals surface area contributed by atoms with Crippen molar-refractivity contribution in [2.75, 3.05) is 26.8 Å². The van der Waals surface area contributed by atoms with Gasteiger partial charge in [-0.3, -0.25) is 5.32 Å². The lowest BCUT2D eigenvalue weighted by atomic mass is 10.2. The predicted octanol–water partition coefficient (Wildman–Crippen LogP) is 1.69. The molecule has 12 heavy (non-hydrogen) atoms. The average molecular weight is 174 g/mol. The monoisotopic (exact) mass is 174 g/mol. The van der Waals surface area contributed by atoms with Crippen LogP contribution in [0.4, 0.5) is 0 Å². The van der Waals surface area contributed by atoms with E-state index in [4.69, 9.17) is 0 Å². The largest absolute Gasteiger partial charge is 0.632 e. The number of quaternary nitrogens is 1. The van der Waals surface area contributed by atoms with E-state index in [1.165, 1.54) is 19.3 Å². The van der Waals surface area contributed by atoms with Gasteiger partial charge in [0, 0.05) is 6.54 Å². The van der Waals surface area contributed by atoms with Gasteiger partial charge >= 0.3 is 0 Å². The predicted molar refractivity (Wildman–Crippen MR) is 52.5 cm³/mol. The molecule has 74 valence electrons. The first-order valence-electron chi connectivity index (χ1n) is 4.88.